The average Bonchev–Trinajstić information content (AvgIpc) is 2.50. The number of ether oxygens (including phenoxy) is 2. The zero-order valence-electron chi connectivity index (χ0n) is 12.6. The molecule has 1 aliphatic heterocycles. The normalized spacial score (nSPS) is 17.7. The summed E-state index contributed by atoms with van der Waals surface area (Å²) in [4.78, 5) is 12.7. The van der Waals surface area contributed by atoms with Gasteiger partial charge >= 0.3 is 6.09 Å². The Labute approximate surface area is 138 Å². The van der Waals surface area contributed by atoms with Crippen LogP contribution >= 0.6 is 11.6 Å². The van der Waals surface area contributed by atoms with Crippen LogP contribution in [-0.4, -0.2) is 54.5 Å². The number of carbonyl (C=O) groups excluding carboxylic acids is 1. The molecule has 1 aliphatic rings. The molecule has 1 amide bonds. The quantitative estimate of drug-likeness (QED) is 0.820. The van der Waals surface area contributed by atoms with Crippen LogP contribution < -0.4 is 10.5 Å². The summed E-state index contributed by atoms with van der Waals surface area (Å²) < 4.78 is 23.6. The molecule has 0 saturated carbocycles. The lowest BCUT2D eigenvalue weighted by atomic mass is 10.1. The van der Waals surface area contributed by atoms with Crippen molar-refractivity contribution in [3.05, 3.63) is 29.0 Å². The average molecular weight is 347 g/mol. The number of β-amino-alcohol motifs (C(OH)–C–C–N with tert-alkyl or cyclic N) is 1. The lowest BCUT2D eigenvalue weighted by molar-refractivity contribution is 0.0256. The van der Waals surface area contributed by atoms with Gasteiger partial charge in [0.1, 0.15) is 30.4 Å². The van der Waals surface area contributed by atoms with Crippen LogP contribution in [0.1, 0.15) is 12.8 Å². The third-order valence-electron chi connectivity index (χ3n) is 3.62. The lowest BCUT2D eigenvalue weighted by Gasteiger charge is -2.32. The number of aliphatic hydroxyl groups excluding tert-OH is 1. The van der Waals surface area contributed by atoms with Crippen LogP contribution in [0.15, 0.2) is 18.2 Å². The molecule has 0 radical (unpaired) electrons. The first-order chi connectivity index (χ1) is 10.9. The van der Waals surface area contributed by atoms with Crippen molar-refractivity contribution in [2.75, 3.05) is 26.2 Å². The minimum absolute atomic E-state index is 0.0268. The van der Waals surface area contributed by atoms with E-state index in [9.17, 15) is 14.3 Å². The molecule has 1 atom stereocenters. The molecule has 128 valence electrons. The Morgan fingerprint density at radius 1 is 1.48 bits per heavy atom. The summed E-state index contributed by atoms with van der Waals surface area (Å²) in [6.45, 7) is 1.88. The van der Waals surface area contributed by atoms with E-state index in [-0.39, 0.29) is 17.7 Å². The zero-order valence-corrected chi connectivity index (χ0v) is 13.3. The van der Waals surface area contributed by atoms with Gasteiger partial charge in [-0.1, -0.05) is 11.6 Å². The van der Waals surface area contributed by atoms with Crippen LogP contribution in [0.2, 0.25) is 5.02 Å². The topological polar surface area (TPSA) is 85.0 Å². The number of benzene rings is 1. The number of aliphatic hydroxyl groups is 1. The summed E-state index contributed by atoms with van der Waals surface area (Å²) in [6, 6.07) is 4.13. The fourth-order valence-corrected chi connectivity index (χ4v) is 2.60. The predicted molar refractivity (Wildman–Crippen MR) is 83.0 cm³/mol. The number of likely N-dealkylation sites (tertiary alicyclic amines) is 1. The Hall–Kier alpha value is -1.57. The molecule has 2 rings (SSSR count). The molecule has 1 unspecified atom stereocenters. The first-order valence-corrected chi connectivity index (χ1v) is 7.76. The first kappa shape index (κ1) is 17.8. The van der Waals surface area contributed by atoms with Gasteiger partial charge in [0.25, 0.3) is 0 Å². The van der Waals surface area contributed by atoms with E-state index in [0.29, 0.717) is 38.2 Å². The maximum Gasteiger partial charge on any atom is 0.404 e. The van der Waals surface area contributed by atoms with Crippen molar-refractivity contribution < 1.29 is 23.8 Å². The molecule has 0 aliphatic carbocycles. The summed E-state index contributed by atoms with van der Waals surface area (Å²) in [5.74, 6) is -0.241. The van der Waals surface area contributed by atoms with Crippen molar-refractivity contribution in [3.8, 4) is 5.75 Å². The highest BCUT2D eigenvalue weighted by molar-refractivity contribution is 6.30. The Morgan fingerprint density at radius 2 is 2.17 bits per heavy atom. The minimum Gasteiger partial charge on any atom is -0.491 e. The maximum absolute atomic E-state index is 13.3. The first-order valence-electron chi connectivity index (χ1n) is 7.38. The number of hydrogen-bond donors (Lipinski definition) is 2. The monoisotopic (exact) mass is 346 g/mol. The highest BCUT2D eigenvalue weighted by Gasteiger charge is 2.23. The molecular weight excluding hydrogens is 327 g/mol. The smallest absolute Gasteiger partial charge is 0.404 e. The Kier molecular flexibility index (Phi) is 6.44. The number of hydrogen-bond acceptors (Lipinski definition) is 5. The Morgan fingerprint density at radius 3 is 2.78 bits per heavy atom. The van der Waals surface area contributed by atoms with Gasteiger partial charge in [0, 0.05) is 25.7 Å². The van der Waals surface area contributed by atoms with Gasteiger partial charge in [0.15, 0.2) is 0 Å². The largest absolute Gasteiger partial charge is 0.491 e. The van der Waals surface area contributed by atoms with Crippen molar-refractivity contribution in [3.63, 3.8) is 0 Å². The molecule has 8 heteroatoms. The van der Waals surface area contributed by atoms with Gasteiger partial charge in [-0.3, -0.25) is 0 Å². The molecule has 0 spiro atoms. The number of rotatable bonds is 6. The van der Waals surface area contributed by atoms with Crippen molar-refractivity contribution in [2.24, 2.45) is 5.73 Å². The standard InChI is InChI=1S/C15H20ClFN2O4/c16-13-2-1-12(7-14(13)17)22-9-10(20)8-19-5-3-11(4-6-19)23-15(18)21/h1-2,7,10-11,20H,3-6,8-9H2,(H2,18,21). The zero-order chi connectivity index (χ0) is 16.8. The van der Waals surface area contributed by atoms with Gasteiger partial charge in [0.05, 0.1) is 5.02 Å². The third-order valence-corrected chi connectivity index (χ3v) is 3.93. The lowest BCUT2D eigenvalue weighted by Crippen LogP contribution is -2.43. The number of nitrogens with zero attached hydrogens (tertiary/aromatic N) is 1. The molecule has 23 heavy (non-hydrogen) atoms. The van der Waals surface area contributed by atoms with E-state index in [1.165, 1.54) is 12.1 Å². The van der Waals surface area contributed by atoms with Crippen molar-refractivity contribution in [1.29, 1.82) is 0 Å². The predicted octanol–water partition coefficient (Wildman–Crippen LogP) is 1.78. The van der Waals surface area contributed by atoms with Crippen LogP contribution in [0.3, 0.4) is 0 Å². The fourth-order valence-electron chi connectivity index (χ4n) is 2.48. The van der Waals surface area contributed by atoms with E-state index in [1.807, 2.05) is 0 Å². The van der Waals surface area contributed by atoms with Gasteiger partial charge in [-0.2, -0.15) is 0 Å². The Bertz CT molecular complexity index is 538. The van der Waals surface area contributed by atoms with E-state index in [0.717, 1.165) is 0 Å². The second-order valence-electron chi connectivity index (χ2n) is 5.48. The fraction of sp³-hybridized carbons (Fsp3) is 0.533. The van der Waals surface area contributed by atoms with Gasteiger partial charge in [-0.25, -0.2) is 9.18 Å². The van der Waals surface area contributed by atoms with Crippen LogP contribution in [0, 0.1) is 5.82 Å². The second-order valence-corrected chi connectivity index (χ2v) is 5.88. The molecule has 1 fully saturated rings. The number of nitrogens with two attached hydrogens (primary N) is 1. The number of piperidine rings is 1. The van der Waals surface area contributed by atoms with Crippen LogP contribution in [0.5, 0.6) is 5.75 Å². The highest BCUT2D eigenvalue weighted by Crippen LogP contribution is 2.20. The number of primary amides is 1. The SMILES string of the molecule is NC(=O)OC1CCN(CC(O)COc2ccc(Cl)c(F)c2)CC1. The van der Waals surface area contributed by atoms with E-state index in [4.69, 9.17) is 26.8 Å². The van der Waals surface area contributed by atoms with Crippen LogP contribution in [0.4, 0.5) is 9.18 Å². The Balaban J connectivity index is 1.70. The third kappa shape index (κ3) is 5.85. The van der Waals surface area contributed by atoms with Gasteiger partial charge in [0.2, 0.25) is 0 Å². The molecule has 6 nitrogen and oxygen atoms in total. The number of carbonyl (C=O) groups is 1. The summed E-state index contributed by atoms with van der Waals surface area (Å²) in [6.07, 6.45) is -0.263. The van der Waals surface area contributed by atoms with Crippen molar-refractivity contribution in [1.82, 2.24) is 4.90 Å². The van der Waals surface area contributed by atoms with Crippen molar-refractivity contribution in [2.45, 2.75) is 25.0 Å². The molecule has 1 heterocycles. The molecule has 1 aromatic carbocycles. The van der Waals surface area contributed by atoms with Gasteiger partial charge in [-0.05, 0) is 25.0 Å². The highest BCUT2D eigenvalue weighted by atomic mass is 35.5. The van der Waals surface area contributed by atoms with Gasteiger partial charge in [-0.15, -0.1) is 0 Å². The molecule has 1 saturated heterocycles. The maximum atomic E-state index is 13.3. The van der Waals surface area contributed by atoms with E-state index < -0.39 is 18.0 Å². The van der Waals surface area contributed by atoms with E-state index >= 15 is 0 Å². The van der Waals surface area contributed by atoms with Gasteiger partial charge < -0.3 is 25.2 Å². The molecular formula is C15H20ClFN2O4. The summed E-state index contributed by atoms with van der Waals surface area (Å²) in [7, 11) is 0. The number of amides is 1. The minimum atomic E-state index is -0.757. The second kappa shape index (κ2) is 8.33. The van der Waals surface area contributed by atoms with Crippen LogP contribution in [-0.2, 0) is 4.74 Å². The van der Waals surface area contributed by atoms with E-state index in [2.05, 4.69) is 4.90 Å². The van der Waals surface area contributed by atoms with Crippen LogP contribution in [0.25, 0.3) is 0 Å². The summed E-state index contributed by atoms with van der Waals surface area (Å²) in [5, 5.41) is 10.0. The van der Waals surface area contributed by atoms with E-state index in [1.54, 1.807) is 6.07 Å². The molecule has 0 bridgehead atoms. The summed E-state index contributed by atoms with van der Waals surface area (Å²) >= 11 is 5.59. The molecule has 3 N–H and O–H groups in total. The van der Waals surface area contributed by atoms with Crippen molar-refractivity contribution >= 4 is 17.7 Å². The molecule has 1 aromatic rings. The molecule has 0 aromatic heterocycles. The number of halogens is 2. The summed E-state index contributed by atoms with van der Waals surface area (Å²) in [5.41, 5.74) is 4.99.